The van der Waals surface area contributed by atoms with E-state index in [1.807, 2.05) is 13.8 Å². The number of halogens is 1. The summed E-state index contributed by atoms with van der Waals surface area (Å²) in [6, 6.07) is 0. The van der Waals surface area contributed by atoms with E-state index in [1.54, 1.807) is 7.11 Å². The SMILES string of the molecule is COC(=O)C1(F)C2C(OC)CC(C)(C)C21. The van der Waals surface area contributed by atoms with Crippen LogP contribution in [-0.2, 0) is 14.3 Å². The molecule has 2 rings (SSSR count). The summed E-state index contributed by atoms with van der Waals surface area (Å²) >= 11 is 0. The van der Waals surface area contributed by atoms with E-state index < -0.39 is 11.6 Å². The van der Waals surface area contributed by atoms with Gasteiger partial charge in [-0.2, -0.15) is 0 Å². The van der Waals surface area contributed by atoms with Crippen molar-refractivity contribution in [2.24, 2.45) is 17.3 Å². The van der Waals surface area contributed by atoms with E-state index in [9.17, 15) is 9.18 Å². The number of esters is 1. The van der Waals surface area contributed by atoms with E-state index in [1.165, 1.54) is 7.11 Å². The molecule has 2 aliphatic carbocycles. The maximum atomic E-state index is 14.4. The van der Waals surface area contributed by atoms with Crippen LogP contribution in [0.3, 0.4) is 0 Å². The Balaban J connectivity index is 2.26. The van der Waals surface area contributed by atoms with E-state index in [-0.39, 0.29) is 23.4 Å². The number of carbonyl (C=O) groups excluding carboxylic acids is 1. The first-order valence-corrected chi connectivity index (χ1v) is 5.19. The molecule has 0 aromatic rings. The van der Waals surface area contributed by atoms with Crippen LogP contribution in [0.5, 0.6) is 0 Å². The summed E-state index contributed by atoms with van der Waals surface area (Å²) in [5.74, 6) is -1.31. The van der Waals surface area contributed by atoms with Crippen LogP contribution >= 0.6 is 0 Å². The number of ether oxygens (including phenoxy) is 2. The van der Waals surface area contributed by atoms with Crippen molar-refractivity contribution in [1.29, 1.82) is 0 Å². The largest absolute Gasteiger partial charge is 0.467 e. The molecule has 0 spiro atoms. The molecule has 3 nitrogen and oxygen atoms in total. The number of hydrogen-bond donors (Lipinski definition) is 0. The van der Waals surface area contributed by atoms with Crippen LogP contribution in [0.2, 0.25) is 0 Å². The summed E-state index contributed by atoms with van der Waals surface area (Å²) in [5.41, 5.74) is -1.99. The molecule has 86 valence electrons. The lowest BCUT2D eigenvalue weighted by atomic mass is 9.84. The van der Waals surface area contributed by atoms with E-state index in [4.69, 9.17) is 4.74 Å². The Morgan fingerprint density at radius 1 is 1.40 bits per heavy atom. The molecule has 0 bridgehead atoms. The summed E-state index contributed by atoms with van der Waals surface area (Å²) in [7, 11) is 2.80. The van der Waals surface area contributed by atoms with Gasteiger partial charge in [-0.3, -0.25) is 0 Å². The summed E-state index contributed by atoms with van der Waals surface area (Å²) < 4.78 is 24.2. The molecule has 4 unspecified atom stereocenters. The minimum Gasteiger partial charge on any atom is -0.467 e. The maximum Gasteiger partial charge on any atom is 0.344 e. The molecule has 4 heteroatoms. The fourth-order valence-electron chi connectivity index (χ4n) is 3.34. The van der Waals surface area contributed by atoms with Gasteiger partial charge in [0.2, 0.25) is 5.67 Å². The molecule has 0 aliphatic heterocycles. The number of rotatable bonds is 2. The van der Waals surface area contributed by atoms with Crippen molar-refractivity contribution in [3.63, 3.8) is 0 Å². The Labute approximate surface area is 88.9 Å². The highest BCUT2D eigenvalue weighted by Gasteiger charge is 2.82. The molecular weight excluding hydrogens is 199 g/mol. The predicted octanol–water partition coefficient (Wildman–Crippen LogP) is 1.56. The highest BCUT2D eigenvalue weighted by atomic mass is 19.1. The van der Waals surface area contributed by atoms with Gasteiger partial charge in [0, 0.05) is 18.9 Å². The van der Waals surface area contributed by atoms with Gasteiger partial charge in [0.25, 0.3) is 0 Å². The molecule has 2 saturated carbocycles. The molecule has 4 atom stereocenters. The van der Waals surface area contributed by atoms with Gasteiger partial charge in [-0.1, -0.05) is 13.8 Å². The standard InChI is InChI=1S/C11H17FO3/c1-10(2)5-6(14-3)7-8(10)11(7,12)9(13)15-4/h6-8H,5H2,1-4H3. The second-order valence-corrected chi connectivity index (χ2v) is 5.23. The third-order valence-corrected chi connectivity index (χ3v) is 3.96. The number of carbonyl (C=O) groups is 1. The molecule has 0 aromatic heterocycles. The van der Waals surface area contributed by atoms with E-state index >= 15 is 0 Å². The first-order valence-electron chi connectivity index (χ1n) is 5.19. The fourth-order valence-corrected chi connectivity index (χ4v) is 3.34. The predicted molar refractivity (Wildman–Crippen MR) is 52.0 cm³/mol. The Morgan fingerprint density at radius 2 is 2.00 bits per heavy atom. The quantitative estimate of drug-likeness (QED) is 0.657. The highest BCUT2D eigenvalue weighted by molar-refractivity contribution is 5.85. The highest BCUT2D eigenvalue weighted by Crippen LogP contribution is 2.71. The fraction of sp³-hybridized carbons (Fsp3) is 0.909. The van der Waals surface area contributed by atoms with Gasteiger partial charge in [0.05, 0.1) is 13.2 Å². The van der Waals surface area contributed by atoms with Crippen LogP contribution in [-0.4, -0.2) is 32.0 Å². The molecule has 2 fully saturated rings. The molecule has 0 aromatic carbocycles. The molecule has 0 heterocycles. The summed E-state index contributed by atoms with van der Waals surface area (Å²) in [5, 5.41) is 0. The lowest BCUT2D eigenvalue weighted by Crippen LogP contribution is -2.34. The number of hydrogen-bond acceptors (Lipinski definition) is 3. The third kappa shape index (κ3) is 1.17. The van der Waals surface area contributed by atoms with Crippen LogP contribution in [0, 0.1) is 17.3 Å². The van der Waals surface area contributed by atoms with Crippen molar-refractivity contribution in [2.45, 2.75) is 32.0 Å². The minimum atomic E-state index is -1.81. The molecule has 2 aliphatic rings. The zero-order valence-corrected chi connectivity index (χ0v) is 9.54. The Kier molecular flexibility index (Phi) is 2.13. The zero-order valence-electron chi connectivity index (χ0n) is 9.54. The van der Waals surface area contributed by atoms with E-state index in [2.05, 4.69) is 4.74 Å². The Bertz CT molecular complexity index is 302. The first kappa shape index (κ1) is 10.9. The topological polar surface area (TPSA) is 35.5 Å². The van der Waals surface area contributed by atoms with Crippen molar-refractivity contribution in [1.82, 2.24) is 0 Å². The molecule has 0 amide bonds. The summed E-state index contributed by atoms with van der Waals surface area (Å²) in [6.07, 6.45) is 0.649. The van der Waals surface area contributed by atoms with Gasteiger partial charge in [0.1, 0.15) is 0 Å². The van der Waals surface area contributed by atoms with Crippen LogP contribution in [0.25, 0.3) is 0 Å². The normalized spacial score (nSPS) is 46.1. The maximum absolute atomic E-state index is 14.4. The van der Waals surface area contributed by atoms with E-state index in [0.29, 0.717) is 0 Å². The lowest BCUT2D eigenvalue weighted by molar-refractivity contribution is -0.152. The number of alkyl halides is 1. The van der Waals surface area contributed by atoms with Crippen molar-refractivity contribution < 1.29 is 18.7 Å². The van der Waals surface area contributed by atoms with Gasteiger partial charge in [-0.15, -0.1) is 0 Å². The first-order chi connectivity index (χ1) is 6.89. The van der Waals surface area contributed by atoms with Crippen molar-refractivity contribution >= 4 is 5.97 Å². The van der Waals surface area contributed by atoms with Gasteiger partial charge in [-0.05, 0) is 11.8 Å². The van der Waals surface area contributed by atoms with Crippen molar-refractivity contribution in [3.05, 3.63) is 0 Å². The van der Waals surface area contributed by atoms with E-state index in [0.717, 1.165) is 6.42 Å². The van der Waals surface area contributed by atoms with Gasteiger partial charge < -0.3 is 9.47 Å². The summed E-state index contributed by atoms with van der Waals surface area (Å²) in [6.45, 7) is 3.96. The van der Waals surface area contributed by atoms with Gasteiger partial charge in [-0.25, -0.2) is 9.18 Å². The van der Waals surface area contributed by atoms with Gasteiger partial charge in [0.15, 0.2) is 0 Å². The Hall–Kier alpha value is -0.640. The van der Waals surface area contributed by atoms with Crippen LogP contribution < -0.4 is 0 Å². The average molecular weight is 216 g/mol. The molecule has 15 heavy (non-hydrogen) atoms. The van der Waals surface area contributed by atoms with Crippen LogP contribution in [0.4, 0.5) is 4.39 Å². The molecule has 0 N–H and O–H groups in total. The number of fused-ring (bicyclic) bond motifs is 1. The molecular formula is C11H17FO3. The third-order valence-electron chi connectivity index (χ3n) is 3.96. The monoisotopic (exact) mass is 216 g/mol. The van der Waals surface area contributed by atoms with Crippen molar-refractivity contribution in [3.8, 4) is 0 Å². The van der Waals surface area contributed by atoms with Crippen molar-refractivity contribution in [2.75, 3.05) is 14.2 Å². The number of methoxy groups -OCH3 is 2. The second kappa shape index (κ2) is 2.94. The van der Waals surface area contributed by atoms with Crippen LogP contribution in [0.15, 0.2) is 0 Å². The molecule has 0 radical (unpaired) electrons. The summed E-state index contributed by atoms with van der Waals surface area (Å²) in [4.78, 5) is 11.4. The molecule has 0 saturated heterocycles. The minimum absolute atomic E-state index is 0.158. The van der Waals surface area contributed by atoms with Crippen LogP contribution in [0.1, 0.15) is 20.3 Å². The zero-order chi connectivity index (χ0) is 11.4. The lowest BCUT2D eigenvalue weighted by Gasteiger charge is -2.26. The Morgan fingerprint density at radius 3 is 2.47 bits per heavy atom. The second-order valence-electron chi connectivity index (χ2n) is 5.23. The van der Waals surface area contributed by atoms with Gasteiger partial charge >= 0.3 is 5.97 Å². The average Bonchev–Trinajstić information content (AvgIpc) is 2.71. The smallest absolute Gasteiger partial charge is 0.344 e.